The monoisotopic (exact) mass is 414 g/mol. The Kier molecular flexibility index (Phi) is 6.44. The number of hydrogen-bond acceptors (Lipinski definition) is 3. The van der Waals surface area contributed by atoms with Gasteiger partial charge in [0.25, 0.3) is 5.91 Å². The molecular formula is C23H30N2O3S. The lowest BCUT2D eigenvalue weighted by Crippen LogP contribution is -2.42. The van der Waals surface area contributed by atoms with Crippen molar-refractivity contribution in [3.63, 3.8) is 0 Å². The first-order chi connectivity index (χ1) is 13.7. The number of amides is 1. The average Bonchev–Trinajstić information content (AvgIpc) is 2.67. The summed E-state index contributed by atoms with van der Waals surface area (Å²) in [5.74, 6) is 0.731. The van der Waals surface area contributed by atoms with Gasteiger partial charge in [0.1, 0.15) is 0 Å². The molecule has 156 valence electrons. The molecule has 1 fully saturated rings. The minimum absolute atomic E-state index is 0.234. The summed E-state index contributed by atoms with van der Waals surface area (Å²) in [6.45, 7) is 9.41. The number of rotatable bonds is 5. The normalized spacial score (nSPS) is 20.6. The molecule has 1 N–H and O–H groups in total. The van der Waals surface area contributed by atoms with Gasteiger partial charge in [-0.25, -0.2) is 8.42 Å². The highest BCUT2D eigenvalue weighted by Crippen LogP contribution is 2.27. The van der Waals surface area contributed by atoms with Crippen molar-refractivity contribution in [3.8, 4) is 0 Å². The standard InChI is InChI=1S/C23H30N2O3S/c1-16(2)21-7-5-6-8-22(21)24-23(26)19-9-11-20(12-10-19)29(27,28)25-14-17(3)13-18(4)15-25/h5-12,16-18H,13-15H2,1-4H3,(H,24,26)/t17-,18-/m1/s1. The topological polar surface area (TPSA) is 66.5 Å². The highest BCUT2D eigenvalue weighted by atomic mass is 32.2. The molecule has 6 heteroatoms. The third-order valence-electron chi connectivity index (χ3n) is 5.42. The van der Waals surface area contributed by atoms with Crippen LogP contribution in [0.5, 0.6) is 0 Å². The number of piperidine rings is 1. The van der Waals surface area contributed by atoms with E-state index in [9.17, 15) is 13.2 Å². The van der Waals surface area contributed by atoms with E-state index in [1.807, 2.05) is 24.3 Å². The average molecular weight is 415 g/mol. The number of anilines is 1. The van der Waals surface area contributed by atoms with Crippen LogP contribution in [-0.4, -0.2) is 31.7 Å². The van der Waals surface area contributed by atoms with Crippen molar-refractivity contribution in [1.82, 2.24) is 4.31 Å². The maximum absolute atomic E-state index is 13.0. The smallest absolute Gasteiger partial charge is 0.255 e. The SMILES string of the molecule is CC(C)c1ccccc1NC(=O)c1ccc(S(=O)(=O)N2C[C@H](C)C[C@@H](C)C2)cc1. The van der Waals surface area contributed by atoms with E-state index in [0.717, 1.165) is 17.7 Å². The molecule has 0 radical (unpaired) electrons. The molecule has 1 aliphatic heterocycles. The predicted molar refractivity (Wildman–Crippen MR) is 117 cm³/mol. The maximum Gasteiger partial charge on any atom is 0.255 e. The molecule has 2 aromatic carbocycles. The van der Waals surface area contributed by atoms with Crippen LogP contribution in [0.25, 0.3) is 0 Å². The largest absolute Gasteiger partial charge is 0.322 e. The molecule has 2 aromatic rings. The molecule has 0 spiro atoms. The van der Waals surface area contributed by atoms with E-state index in [4.69, 9.17) is 0 Å². The van der Waals surface area contributed by atoms with Crippen LogP contribution in [0, 0.1) is 11.8 Å². The number of nitrogens with zero attached hydrogens (tertiary/aromatic N) is 1. The van der Waals surface area contributed by atoms with Crippen LogP contribution >= 0.6 is 0 Å². The lowest BCUT2D eigenvalue weighted by Gasteiger charge is -2.34. The third-order valence-corrected chi connectivity index (χ3v) is 7.27. The lowest BCUT2D eigenvalue weighted by molar-refractivity contribution is 0.102. The molecule has 1 saturated heterocycles. The summed E-state index contributed by atoms with van der Waals surface area (Å²) in [5.41, 5.74) is 2.27. The van der Waals surface area contributed by atoms with Gasteiger partial charge in [0.05, 0.1) is 4.90 Å². The van der Waals surface area contributed by atoms with E-state index in [2.05, 4.69) is 33.0 Å². The van der Waals surface area contributed by atoms with Crippen LogP contribution in [0.4, 0.5) is 5.69 Å². The van der Waals surface area contributed by atoms with E-state index in [1.54, 1.807) is 16.4 Å². The number of sulfonamides is 1. The summed E-state index contributed by atoms with van der Waals surface area (Å²) in [5, 5.41) is 2.94. The minimum Gasteiger partial charge on any atom is -0.322 e. The number of carbonyl (C=O) groups is 1. The highest BCUT2D eigenvalue weighted by Gasteiger charge is 2.31. The first-order valence-corrected chi connectivity index (χ1v) is 11.6. The third kappa shape index (κ3) is 4.87. The van der Waals surface area contributed by atoms with Crippen LogP contribution in [-0.2, 0) is 10.0 Å². The van der Waals surface area contributed by atoms with Gasteiger partial charge in [-0.2, -0.15) is 4.31 Å². The Morgan fingerprint density at radius 2 is 1.59 bits per heavy atom. The van der Waals surface area contributed by atoms with Crippen molar-refractivity contribution in [3.05, 3.63) is 59.7 Å². The zero-order chi connectivity index (χ0) is 21.2. The van der Waals surface area contributed by atoms with Crippen LogP contribution in [0.15, 0.2) is 53.4 Å². The summed E-state index contributed by atoms with van der Waals surface area (Å²) >= 11 is 0. The first kappa shape index (κ1) is 21.5. The Morgan fingerprint density at radius 1 is 1.00 bits per heavy atom. The Bertz CT molecular complexity index is 958. The molecule has 0 saturated carbocycles. The minimum atomic E-state index is -3.55. The number of carbonyl (C=O) groups excluding carboxylic acids is 1. The lowest BCUT2D eigenvalue weighted by atomic mass is 9.94. The quantitative estimate of drug-likeness (QED) is 0.769. The van der Waals surface area contributed by atoms with Crippen molar-refractivity contribution in [2.45, 2.75) is 44.9 Å². The predicted octanol–water partition coefficient (Wildman–Crippen LogP) is 4.73. The van der Waals surface area contributed by atoms with Gasteiger partial charge >= 0.3 is 0 Å². The second-order valence-corrected chi connectivity index (χ2v) is 10.4. The molecule has 0 aliphatic carbocycles. The highest BCUT2D eigenvalue weighted by molar-refractivity contribution is 7.89. The van der Waals surface area contributed by atoms with Crippen molar-refractivity contribution in [1.29, 1.82) is 0 Å². The molecule has 29 heavy (non-hydrogen) atoms. The van der Waals surface area contributed by atoms with Gasteiger partial charge in [-0.05, 0) is 60.1 Å². The number of nitrogens with one attached hydrogen (secondary N) is 1. The fraction of sp³-hybridized carbons (Fsp3) is 0.435. The number of para-hydroxylation sites is 1. The van der Waals surface area contributed by atoms with Crippen molar-refractivity contribution in [2.24, 2.45) is 11.8 Å². The Hall–Kier alpha value is -2.18. The van der Waals surface area contributed by atoms with Gasteiger partial charge in [0, 0.05) is 24.3 Å². The maximum atomic E-state index is 13.0. The zero-order valence-corrected chi connectivity index (χ0v) is 18.4. The molecule has 5 nitrogen and oxygen atoms in total. The second kappa shape index (κ2) is 8.67. The van der Waals surface area contributed by atoms with Gasteiger partial charge in [0.15, 0.2) is 0 Å². The van der Waals surface area contributed by atoms with Gasteiger partial charge < -0.3 is 5.32 Å². The van der Waals surface area contributed by atoms with Crippen molar-refractivity contribution < 1.29 is 13.2 Å². The van der Waals surface area contributed by atoms with E-state index in [-0.39, 0.29) is 16.7 Å². The summed E-state index contributed by atoms with van der Waals surface area (Å²) in [6.07, 6.45) is 1.04. The molecule has 0 aromatic heterocycles. The zero-order valence-electron chi connectivity index (χ0n) is 17.6. The Labute approximate surface area is 174 Å². The van der Waals surface area contributed by atoms with Crippen molar-refractivity contribution >= 4 is 21.6 Å². The van der Waals surface area contributed by atoms with Gasteiger partial charge in [-0.3, -0.25) is 4.79 Å². The molecule has 2 atom stereocenters. The molecular weight excluding hydrogens is 384 g/mol. The molecule has 0 unspecified atom stereocenters. The molecule has 1 aliphatic rings. The molecule has 0 bridgehead atoms. The molecule has 3 rings (SSSR count). The molecule has 1 amide bonds. The van der Waals surface area contributed by atoms with Crippen LogP contribution in [0.2, 0.25) is 0 Å². The fourth-order valence-corrected chi connectivity index (χ4v) is 5.72. The van der Waals surface area contributed by atoms with E-state index in [0.29, 0.717) is 30.5 Å². The summed E-state index contributed by atoms with van der Waals surface area (Å²) in [7, 11) is -3.55. The molecule has 1 heterocycles. The van der Waals surface area contributed by atoms with Crippen LogP contribution in [0.1, 0.15) is 56.0 Å². The van der Waals surface area contributed by atoms with Crippen molar-refractivity contribution in [2.75, 3.05) is 18.4 Å². The van der Waals surface area contributed by atoms with Gasteiger partial charge in [-0.15, -0.1) is 0 Å². The van der Waals surface area contributed by atoms with Crippen LogP contribution in [0.3, 0.4) is 0 Å². The summed E-state index contributed by atoms with van der Waals surface area (Å²) in [6, 6.07) is 13.9. The number of hydrogen-bond donors (Lipinski definition) is 1. The summed E-state index contributed by atoms with van der Waals surface area (Å²) < 4.78 is 27.6. The number of benzene rings is 2. The summed E-state index contributed by atoms with van der Waals surface area (Å²) in [4.78, 5) is 12.9. The Morgan fingerprint density at radius 3 is 2.17 bits per heavy atom. The fourth-order valence-electron chi connectivity index (χ4n) is 4.04. The Balaban J connectivity index is 1.77. The van der Waals surface area contributed by atoms with E-state index < -0.39 is 10.0 Å². The van der Waals surface area contributed by atoms with Crippen LogP contribution < -0.4 is 5.32 Å². The van der Waals surface area contributed by atoms with Gasteiger partial charge in [0.2, 0.25) is 10.0 Å². The van der Waals surface area contributed by atoms with Gasteiger partial charge in [-0.1, -0.05) is 45.9 Å². The van der Waals surface area contributed by atoms with E-state index in [1.165, 1.54) is 12.1 Å². The van der Waals surface area contributed by atoms with E-state index >= 15 is 0 Å². The second-order valence-electron chi connectivity index (χ2n) is 8.49. The first-order valence-electron chi connectivity index (χ1n) is 10.2.